The van der Waals surface area contributed by atoms with Gasteiger partial charge in [0, 0.05) is 5.69 Å². The topological polar surface area (TPSA) is 127 Å². The van der Waals surface area contributed by atoms with Gasteiger partial charge in [-0.05, 0) is 36.8 Å². The Morgan fingerprint density at radius 2 is 1.75 bits per heavy atom. The number of anilines is 1. The average molecular weight is 402 g/mol. The lowest BCUT2D eigenvalue weighted by Crippen LogP contribution is -2.31. The van der Waals surface area contributed by atoms with Crippen molar-refractivity contribution in [3.05, 3.63) is 71.5 Å². The molecular formula is C19H18N2O6S. The first-order valence-corrected chi connectivity index (χ1v) is 9.92. The van der Waals surface area contributed by atoms with Gasteiger partial charge in [0.05, 0.1) is 17.5 Å². The number of sulfonamides is 1. The zero-order chi connectivity index (χ0) is 20.5. The predicted octanol–water partition coefficient (Wildman–Crippen LogP) is 1.80. The number of nitrogens with zero attached hydrogens (tertiary/aromatic N) is 1. The Hall–Kier alpha value is -3.17. The highest BCUT2D eigenvalue weighted by Gasteiger charge is 2.45. The molecule has 28 heavy (non-hydrogen) atoms. The molecule has 1 aliphatic heterocycles. The van der Waals surface area contributed by atoms with E-state index in [-0.39, 0.29) is 22.8 Å². The fourth-order valence-corrected chi connectivity index (χ4v) is 3.55. The van der Waals surface area contributed by atoms with Crippen molar-refractivity contribution in [3.8, 4) is 0 Å². The summed E-state index contributed by atoms with van der Waals surface area (Å²) in [5.74, 6) is -2.30. The Morgan fingerprint density at radius 1 is 1.14 bits per heavy atom. The Morgan fingerprint density at radius 3 is 2.29 bits per heavy atom. The Kier molecular flexibility index (Phi) is 5.21. The number of amides is 1. The number of ether oxygens (including phenoxy) is 1. The highest BCUT2D eigenvalue weighted by Crippen LogP contribution is 2.41. The number of aliphatic hydroxyl groups is 1. The first kappa shape index (κ1) is 19.6. The van der Waals surface area contributed by atoms with E-state index in [9.17, 15) is 23.1 Å². The van der Waals surface area contributed by atoms with Gasteiger partial charge in [-0.2, -0.15) is 0 Å². The molecule has 9 heteroatoms. The summed E-state index contributed by atoms with van der Waals surface area (Å²) in [5.41, 5.74) is 0.698. The third-order valence-electron chi connectivity index (χ3n) is 4.26. The van der Waals surface area contributed by atoms with E-state index in [1.54, 1.807) is 37.3 Å². The van der Waals surface area contributed by atoms with Crippen molar-refractivity contribution < 1.29 is 27.9 Å². The zero-order valence-electron chi connectivity index (χ0n) is 14.9. The monoisotopic (exact) mass is 402 g/mol. The van der Waals surface area contributed by atoms with E-state index in [4.69, 9.17) is 9.88 Å². The molecule has 3 rings (SSSR count). The maximum absolute atomic E-state index is 12.8. The molecular weight excluding hydrogens is 384 g/mol. The Balaban J connectivity index is 2.12. The summed E-state index contributed by atoms with van der Waals surface area (Å²) in [6.07, 6.45) is 0. The molecule has 2 aromatic rings. The van der Waals surface area contributed by atoms with E-state index >= 15 is 0 Å². The normalized spacial score (nSPS) is 17.1. The van der Waals surface area contributed by atoms with E-state index in [1.165, 1.54) is 29.2 Å². The van der Waals surface area contributed by atoms with Gasteiger partial charge in [0.1, 0.15) is 5.57 Å². The lowest BCUT2D eigenvalue weighted by atomic mass is 9.99. The number of rotatable bonds is 5. The Bertz CT molecular complexity index is 1050. The van der Waals surface area contributed by atoms with Crippen LogP contribution in [-0.2, 0) is 24.3 Å². The van der Waals surface area contributed by atoms with Gasteiger partial charge in [0.25, 0.3) is 5.91 Å². The van der Waals surface area contributed by atoms with E-state index in [1.807, 2.05) is 0 Å². The molecule has 0 radical (unpaired) electrons. The van der Waals surface area contributed by atoms with Crippen LogP contribution in [0.5, 0.6) is 0 Å². The summed E-state index contributed by atoms with van der Waals surface area (Å²) in [6.45, 7) is 1.70. The van der Waals surface area contributed by atoms with E-state index in [2.05, 4.69) is 0 Å². The molecule has 1 amide bonds. The first-order valence-electron chi connectivity index (χ1n) is 8.37. The molecule has 0 unspecified atom stereocenters. The van der Waals surface area contributed by atoms with Crippen LogP contribution >= 0.6 is 0 Å². The minimum absolute atomic E-state index is 0.0777. The lowest BCUT2D eigenvalue weighted by molar-refractivity contribution is -0.139. The first-order chi connectivity index (χ1) is 13.3. The van der Waals surface area contributed by atoms with Crippen molar-refractivity contribution in [1.29, 1.82) is 0 Å². The van der Waals surface area contributed by atoms with Crippen molar-refractivity contribution in [3.63, 3.8) is 0 Å². The summed E-state index contributed by atoms with van der Waals surface area (Å²) in [7, 11) is -3.90. The van der Waals surface area contributed by atoms with Crippen molar-refractivity contribution in [1.82, 2.24) is 0 Å². The molecule has 1 atom stereocenters. The number of primary sulfonamides is 1. The van der Waals surface area contributed by atoms with Gasteiger partial charge in [0.15, 0.2) is 5.76 Å². The largest absolute Gasteiger partial charge is 0.503 e. The standard InChI is InChI=1S/C19H18N2O6S/c1-2-27-19(24)15-16(12-6-4-3-5-7-12)21(18(23)17(15)22)13-8-10-14(11-9-13)28(20,25)26/h3-11,16,22H,2H2,1H3,(H2,20,25,26)/t16-/m0/s1. The van der Waals surface area contributed by atoms with E-state index in [0.717, 1.165) is 0 Å². The van der Waals surface area contributed by atoms with Gasteiger partial charge in [-0.25, -0.2) is 18.4 Å². The maximum atomic E-state index is 12.8. The van der Waals surface area contributed by atoms with Crippen LogP contribution in [0.3, 0.4) is 0 Å². The zero-order valence-corrected chi connectivity index (χ0v) is 15.7. The average Bonchev–Trinajstić information content (AvgIpc) is 2.93. The third-order valence-corrected chi connectivity index (χ3v) is 5.19. The second kappa shape index (κ2) is 7.45. The molecule has 1 heterocycles. The molecule has 3 N–H and O–H groups in total. The number of esters is 1. The molecule has 1 aliphatic rings. The fraction of sp³-hybridized carbons (Fsp3) is 0.158. The second-order valence-corrected chi connectivity index (χ2v) is 7.57. The van der Waals surface area contributed by atoms with Gasteiger partial charge in [0.2, 0.25) is 10.0 Å². The summed E-state index contributed by atoms with van der Waals surface area (Å²) in [4.78, 5) is 26.3. The van der Waals surface area contributed by atoms with Crippen LogP contribution < -0.4 is 10.0 Å². The van der Waals surface area contributed by atoms with Crippen LogP contribution in [0.15, 0.2) is 70.8 Å². The van der Waals surface area contributed by atoms with Gasteiger partial charge in [-0.1, -0.05) is 30.3 Å². The SMILES string of the molecule is CCOC(=O)C1=C(O)C(=O)N(c2ccc(S(N)(=O)=O)cc2)[C@H]1c1ccccc1. The second-order valence-electron chi connectivity index (χ2n) is 6.01. The quantitative estimate of drug-likeness (QED) is 0.734. The van der Waals surface area contributed by atoms with Crippen LogP contribution in [0.1, 0.15) is 18.5 Å². The maximum Gasteiger partial charge on any atom is 0.340 e. The molecule has 0 aliphatic carbocycles. The predicted molar refractivity (Wildman–Crippen MR) is 101 cm³/mol. The van der Waals surface area contributed by atoms with Crippen molar-refractivity contribution >= 4 is 27.6 Å². The molecule has 0 bridgehead atoms. The number of benzene rings is 2. The fourth-order valence-electron chi connectivity index (χ4n) is 3.04. The molecule has 0 fully saturated rings. The number of hydrogen-bond acceptors (Lipinski definition) is 6. The van der Waals surface area contributed by atoms with E-state index < -0.39 is 33.7 Å². The van der Waals surface area contributed by atoms with Crippen LogP contribution in [0.2, 0.25) is 0 Å². The summed E-state index contributed by atoms with van der Waals surface area (Å²) < 4.78 is 28.0. The number of carbonyl (C=O) groups excluding carboxylic acids is 2. The molecule has 2 aromatic carbocycles. The van der Waals surface area contributed by atoms with Gasteiger partial charge in [-0.3, -0.25) is 9.69 Å². The molecule has 8 nitrogen and oxygen atoms in total. The van der Waals surface area contributed by atoms with Crippen LogP contribution in [0.4, 0.5) is 5.69 Å². The number of nitrogens with two attached hydrogens (primary N) is 1. The van der Waals surface area contributed by atoms with Crippen molar-refractivity contribution in [2.45, 2.75) is 17.9 Å². The summed E-state index contributed by atoms with van der Waals surface area (Å²) in [5, 5.41) is 15.5. The summed E-state index contributed by atoms with van der Waals surface area (Å²) in [6, 6.07) is 13.0. The highest BCUT2D eigenvalue weighted by atomic mass is 32.2. The van der Waals surface area contributed by atoms with Gasteiger partial charge >= 0.3 is 5.97 Å². The molecule has 0 spiro atoms. The van der Waals surface area contributed by atoms with Crippen molar-refractivity contribution in [2.75, 3.05) is 11.5 Å². The molecule has 146 valence electrons. The third kappa shape index (κ3) is 3.49. The molecule has 0 saturated carbocycles. The van der Waals surface area contributed by atoms with Gasteiger partial charge in [-0.15, -0.1) is 0 Å². The number of aliphatic hydroxyl groups excluding tert-OH is 1. The number of hydrogen-bond donors (Lipinski definition) is 2. The minimum Gasteiger partial charge on any atom is -0.503 e. The molecule has 0 aromatic heterocycles. The highest BCUT2D eigenvalue weighted by molar-refractivity contribution is 7.89. The van der Waals surface area contributed by atoms with Crippen LogP contribution in [0.25, 0.3) is 0 Å². The van der Waals surface area contributed by atoms with Crippen LogP contribution in [-0.4, -0.2) is 32.0 Å². The van der Waals surface area contributed by atoms with E-state index in [0.29, 0.717) is 5.56 Å². The summed E-state index contributed by atoms with van der Waals surface area (Å²) >= 11 is 0. The van der Waals surface area contributed by atoms with Crippen LogP contribution in [0, 0.1) is 0 Å². The molecule has 0 saturated heterocycles. The number of carbonyl (C=O) groups is 2. The minimum atomic E-state index is -3.90. The van der Waals surface area contributed by atoms with Gasteiger partial charge < -0.3 is 9.84 Å². The smallest absolute Gasteiger partial charge is 0.340 e. The Labute approximate surface area is 161 Å². The lowest BCUT2D eigenvalue weighted by Gasteiger charge is -2.26. The van der Waals surface area contributed by atoms with Crippen molar-refractivity contribution in [2.24, 2.45) is 5.14 Å².